The van der Waals surface area contributed by atoms with Gasteiger partial charge in [0.2, 0.25) is 0 Å². The van der Waals surface area contributed by atoms with Crippen LogP contribution in [0.5, 0.6) is 0 Å². The predicted molar refractivity (Wildman–Crippen MR) is 77.7 cm³/mol. The average Bonchev–Trinajstić information content (AvgIpc) is 2.63. The first-order valence-electron chi connectivity index (χ1n) is 8.68. The Morgan fingerprint density at radius 1 is 0.455 bits per heavy atom. The van der Waals surface area contributed by atoms with E-state index in [2.05, 4.69) is 0 Å². The fourth-order valence-corrected chi connectivity index (χ4v) is 2.42. The molecule has 0 saturated heterocycles. The van der Waals surface area contributed by atoms with Crippen molar-refractivity contribution in [2.24, 2.45) is 0 Å². The van der Waals surface area contributed by atoms with Crippen molar-refractivity contribution in [3.63, 3.8) is 0 Å². The zero-order valence-corrected chi connectivity index (χ0v) is 16.4. The highest BCUT2D eigenvalue weighted by atomic mass is 19.4. The van der Waals surface area contributed by atoms with Gasteiger partial charge in [-0.3, -0.25) is 0 Å². The van der Waals surface area contributed by atoms with Crippen LogP contribution in [0.3, 0.4) is 0 Å². The van der Waals surface area contributed by atoms with Crippen LogP contribution in [0.1, 0.15) is 26.7 Å². The van der Waals surface area contributed by atoms with E-state index in [9.17, 15) is 74.6 Å². The lowest BCUT2D eigenvalue weighted by Crippen LogP contribution is -2.74. The number of alkyl halides is 17. The summed E-state index contributed by atoms with van der Waals surface area (Å²) in [6.45, 7) is 2.57. The molecule has 0 N–H and O–H groups in total. The van der Waals surface area contributed by atoms with Crippen molar-refractivity contribution in [2.75, 3.05) is 19.6 Å². The van der Waals surface area contributed by atoms with Gasteiger partial charge in [0.1, 0.15) is 0 Å². The lowest BCUT2D eigenvalue weighted by molar-refractivity contribution is -0.461. The van der Waals surface area contributed by atoms with Crippen LogP contribution in [-0.2, 0) is 0 Å². The molecule has 0 amide bonds. The summed E-state index contributed by atoms with van der Waals surface area (Å²) in [4.78, 5) is 1.24. The van der Waals surface area contributed by atoms with E-state index in [1.54, 1.807) is 0 Å². The molecule has 1 nitrogen and oxygen atoms in total. The van der Waals surface area contributed by atoms with Crippen LogP contribution in [0.15, 0.2) is 0 Å². The molecule has 0 unspecified atom stereocenters. The molecule has 0 rings (SSSR count). The molecule has 18 heteroatoms. The van der Waals surface area contributed by atoms with Crippen LogP contribution in [0, 0.1) is 0 Å². The molecule has 0 aromatic heterocycles. The van der Waals surface area contributed by atoms with Crippen LogP contribution >= 0.6 is 0 Å². The lowest BCUT2D eigenvalue weighted by Gasteiger charge is -2.42. The Balaban J connectivity index is 6.31. The summed E-state index contributed by atoms with van der Waals surface area (Å²) < 4.78 is 223. The molecule has 0 radical (unpaired) electrons. The second-order valence-electron chi connectivity index (χ2n) is 6.78. The van der Waals surface area contributed by atoms with Gasteiger partial charge in [-0.2, -0.15) is 74.6 Å². The minimum absolute atomic E-state index is 0.113. The van der Waals surface area contributed by atoms with Crippen molar-refractivity contribution in [1.82, 2.24) is 4.90 Å². The van der Waals surface area contributed by atoms with Crippen molar-refractivity contribution in [2.45, 2.75) is 74.3 Å². The van der Waals surface area contributed by atoms with Crippen molar-refractivity contribution in [3.8, 4) is 0 Å². The molecule has 200 valence electrons. The molecule has 0 spiro atoms. The molecule has 0 aliphatic heterocycles. The maximum Gasteiger partial charge on any atom is 0.460 e. The molecule has 33 heavy (non-hydrogen) atoms. The minimum atomic E-state index is -8.58. The molecule has 0 bridgehead atoms. The number of nitrogens with zero attached hydrogens (tertiary/aromatic N) is 1. The highest BCUT2D eigenvalue weighted by molar-refractivity contribution is 5.15. The summed E-state index contributed by atoms with van der Waals surface area (Å²) in [5.41, 5.74) is 0. The summed E-state index contributed by atoms with van der Waals surface area (Å²) in [6.07, 6.45) is -11.3. The van der Waals surface area contributed by atoms with Gasteiger partial charge in [0, 0.05) is 6.42 Å². The molecule has 0 saturated carbocycles. The Morgan fingerprint density at radius 3 is 1.06 bits per heavy atom. The van der Waals surface area contributed by atoms with Crippen molar-refractivity contribution in [1.29, 1.82) is 0 Å². The van der Waals surface area contributed by atoms with E-state index in [1.807, 2.05) is 0 Å². The Labute approximate surface area is 174 Å². The maximum atomic E-state index is 13.7. The van der Waals surface area contributed by atoms with E-state index in [0.717, 1.165) is 0 Å². The summed E-state index contributed by atoms with van der Waals surface area (Å²) in [5.74, 6) is -55.8. The number of halogens is 17. The zero-order chi connectivity index (χ0) is 27.1. The average molecular weight is 533 g/mol. The van der Waals surface area contributed by atoms with Crippen LogP contribution < -0.4 is 0 Å². The van der Waals surface area contributed by atoms with E-state index in [-0.39, 0.29) is 13.1 Å². The first-order chi connectivity index (χ1) is 14.2. The fraction of sp³-hybridized carbons (Fsp3) is 1.00. The molecule has 0 aromatic carbocycles. The monoisotopic (exact) mass is 533 g/mol. The van der Waals surface area contributed by atoms with Gasteiger partial charge in [-0.15, -0.1) is 0 Å². The van der Waals surface area contributed by atoms with Gasteiger partial charge in [-0.25, -0.2) is 0 Å². The smallest absolute Gasteiger partial charge is 0.304 e. The highest BCUT2D eigenvalue weighted by Crippen LogP contribution is 2.64. The van der Waals surface area contributed by atoms with Crippen LogP contribution in [0.4, 0.5) is 74.6 Å². The van der Waals surface area contributed by atoms with Crippen LogP contribution in [-0.4, -0.2) is 72.2 Å². The number of hydrogen-bond acceptors (Lipinski definition) is 1. The third-order valence-corrected chi connectivity index (χ3v) is 4.65. The Hall–Kier alpha value is -1.23. The first-order valence-corrected chi connectivity index (χ1v) is 8.68. The van der Waals surface area contributed by atoms with Gasteiger partial charge < -0.3 is 4.90 Å². The van der Waals surface area contributed by atoms with E-state index >= 15 is 0 Å². The third kappa shape index (κ3) is 4.81. The van der Waals surface area contributed by atoms with E-state index in [1.165, 1.54) is 18.7 Å². The Morgan fingerprint density at radius 2 is 0.758 bits per heavy atom. The maximum absolute atomic E-state index is 13.7. The second kappa shape index (κ2) is 9.09. The normalized spacial score (nSPS) is 16.0. The van der Waals surface area contributed by atoms with Gasteiger partial charge in [0.25, 0.3) is 0 Å². The number of hydrogen-bond donors (Lipinski definition) is 0. The Kier molecular flexibility index (Phi) is 8.75. The molecule has 0 heterocycles. The number of rotatable bonds is 12. The summed E-state index contributed by atoms with van der Waals surface area (Å²) in [5, 5.41) is 0. The topological polar surface area (TPSA) is 3.24 Å². The van der Waals surface area contributed by atoms with Crippen LogP contribution in [0.2, 0.25) is 0 Å². The fourth-order valence-electron chi connectivity index (χ4n) is 2.42. The highest BCUT2D eigenvalue weighted by Gasteiger charge is 2.95. The quantitative estimate of drug-likeness (QED) is 0.242. The molecule has 0 aliphatic rings. The van der Waals surface area contributed by atoms with E-state index in [4.69, 9.17) is 0 Å². The summed E-state index contributed by atoms with van der Waals surface area (Å²) in [6, 6.07) is 0. The van der Waals surface area contributed by atoms with Crippen molar-refractivity contribution >= 4 is 0 Å². The summed E-state index contributed by atoms with van der Waals surface area (Å²) >= 11 is 0. The van der Waals surface area contributed by atoms with Gasteiger partial charge in [-0.05, 0) is 26.1 Å². The second-order valence-corrected chi connectivity index (χ2v) is 6.78. The van der Waals surface area contributed by atoms with Gasteiger partial charge >= 0.3 is 47.6 Å². The van der Waals surface area contributed by atoms with Crippen molar-refractivity contribution in [3.05, 3.63) is 0 Å². The van der Waals surface area contributed by atoms with E-state index < -0.39 is 67.0 Å². The molecular formula is C15H16F17N. The van der Waals surface area contributed by atoms with Crippen molar-refractivity contribution < 1.29 is 74.6 Å². The summed E-state index contributed by atoms with van der Waals surface area (Å²) in [7, 11) is 0. The van der Waals surface area contributed by atoms with Gasteiger partial charge in [0.15, 0.2) is 0 Å². The third-order valence-electron chi connectivity index (χ3n) is 4.65. The molecule has 0 fully saturated rings. The standard InChI is InChI=1S/C15H16F17N/c1-3-33(4-2)7-5-6-8(16,17)9(18,19)10(20,21)11(22,23)12(24,25)13(26,27)14(28,29)15(30,31)32/h3-7H2,1-2H3. The van der Waals surface area contributed by atoms with E-state index in [0.29, 0.717) is 0 Å². The SMILES string of the molecule is CCN(CC)CCCC(F)(F)C(F)(F)C(F)(F)C(F)(F)C(F)(F)C(F)(F)C(F)(F)C(F)(F)F. The predicted octanol–water partition coefficient (Wildman–Crippen LogP) is 7.12. The molecule has 0 aliphatic carbocycles. The lowest BCUT2D eigenvalue weighted by atomic mass is 9.88. The molecule has 0 atom stereocenters. The Bertz CT molecular complexity index is 647. The van der Waals surface area contributed by atoms with Gasteiger partial charge in [-0.1, -0.05) is 13.8 Å². The largest absolute Gasteiger partial charge is 0.460 e. The molecule has 0 aromatic rings. The first kappa shape index (κ1) is 31.8. The zero-order valence-electron chi connectivity index (χ0n) is 16.4. The van der Waals surface area contributed by atoms with Gasteiger partial charge in [0.05, 0.1) is 0 Å². The molecular weight excluding hydrogens is 517 g/mol. The van der Waals surface area contributed by atoms with Crippen LogP contribution in [0.25, 0.3) is 0 Å². The minimum Gasteiger partial charge on any atom is -0.304 e.